The number of aromatic amines is 1. The van der Waals surface area contributed by atoms with Gasteiger partial charge >= 0.3 is 0 Å². The maximum atomic E-state index is 9.92. The number of nitrogens with one attached hydrogen (secondary N) is 1. The standard InChI is InChI=1S/C12H16N2O.C2H4O2/c1-12(15,8-13)6-9-7-14-11-5-3-2-4-10(9)11;1-2(3)4/h2-5,7,14-15H,6,8,13H2,1H3;1H3,(H,3,4)/t12-;/m1./s1. The summed E-state index contributed by atoms with van der Waals surface area (Å²) in [6, 6.07) is 8.06. The first-order valence-corrected chi connectivity index (χ1v) is 6.02. The number of carboxylic acids is 1. The van der Waals surface area contributed by atoms with Gasteiger partial charge in [-0.2, -0.15) is 0 Å². The van der Waals surface area contributed by atoms with Crippen molar-refractivity contribution in [3.05, 3.63) is 36.0 Å². The summed E-state index contributed by atoms with van der Waals surface area (Å²) in [5.74, 6) is -0.833. The van der Waals surface area contributed by atoms with Gasteiger partial charge in [0.2, 0.25) is 0 Å². The largest absolute Gasteiger partial charge is 0.481 e. The number of hydrogen-bond donors (Lipinski definition) is 4. The normalized spacial score (nSPS) is 13.5. The van der Waals surface area contributed by atoms with E-state index in [-0.39, 0.29) is 6.54 Å². The third-order valence-electron chi connectivity index (χ3n) is 2.69. The molecule has 0 amide bonds. The number of carbonyl (C=O) groups is 1. The van der Waals surface area contributed by atoms with Gasteiger partial charge in [0, 0.05) is 37.0 Å². The van der Waals surface area contributed by atoms with Crippen molar-refractivity contribution < 1.29 is 15.0 Å². The molecule has 0 aliphatic heterocycles. The van der Waals surface area contributed by atoms with Crippen LogP contribution in [0.15, 0.2) is 30.5 Å². The highest BCUT2D eigenvalue weighted by Gasteiger charge is 2.20. The lowest BCUT2D eigenvalue weighted by Gasteiger charge is -2.20. The minimum absolute atomic E-state index is 0.270. The molecule has 1 atom stereocenters. The molecule has 0 unspecified atom stereocenters. The predicted molar refractivity (Wildman–Crippen MR) is 75.0 cm³/mol. The Morgan fingerprint density at radius 3 is 2.58 bits per heavy atom. The smallest absolute Gasteiger partial charge is 0.300 e. The van der Waals surface area contributed by atoms with Crippen molar-refractivity contribution in [1.29, 1.82) is 0 Å². The van der Waals surface area contributed by atoms with Gasteiger partial charge in [0.15, 0.2) is 0 Å². The average molecular weight is 264 g/mol. The van der Waals surface area contributed by atoms with Crippen LogP contribution in [0.5, 0.6) is 0 Å². The van der Waals surface area contributed by atoms with Gasteiger partial charge in [-0.3, -0.25) is 4.79 Å². The average Bonchev–Trinajstić information content (AvgIpc) is 2.72. The minimum Gasteiger partial charge on any atom is -0.481 e. The second-order valence-corrected chi connectivity index (χ2v) is 4.76. The predicted octanol–water partition coefficient (Wildman–Crippen LogP) is 1.51. The Morgan fingerprint density at radius 2 is 2.00 bits per heavy atom. The zero-order valence-corrected chi connectivity index (χ0v) is 11.2. The molecule has 0 radical (unpaired) electrons. The first-order valence-electron chi connectivity index (χ1n) is 6.02. The molecule has 5 heteroatoms. The number of H-pyrrole nitrogens is 1. The van der Waals surface area contributed by atoms with E-state index in [1.165, 1.54) is 0 Å². The number of para-hydroxylation sites is 1. The summed E-state index contributed by atoms with van der Waals surface area (Å²) in [5, 5.41) is 18.5. The molecule has 1 heterocycles. The fourth-order valence-electron chi connectivity index (χ4n) is 1.76. The van der Waals surface area contributed by atoms with Crippen LogP contribution in [0.2, 0.25) is 0 Å². The molecule has 104 valence electrons. The Bertz CT molecular complexity index is 542. The van der Waals surface area contributed by atoms with Gasteiger partial charge in [-0.1, -0.05) is 18.2 Å². The SMILES string of the molecule is CC(=O)O.C[C@](O)(CN)Cc1c[nH]c2ccccc12. The van der Waals surface area contributed by atoms with E-state index >= 15 is 0 Å². The second-order valence-electron chi connectivity index (χ2n) is 4.76. The van der Waals surface area contributed by atoms with Gasteiger partial charge in [0.1, 0.15) is 0 Å². The Morgan fingerprint density at radius 1 is 1.42 bits per heavy atom. The number of hydrogen-bond acceptors (Lipinski definition) is 3. The summed E-state index contributed by atoms with van der Waals surface area (Å²) >= 11 is 0. The molecule has 0 saturated carbocycles. The molecule has 2 rings (SSSR count). The lowest BCUT2D eigenvalue weighted by molar-refractivity contribution is -0.134. The molecular weight excluding hydrogens is 244 g/mol. The number of carboxylic acid groups (broad SMARTS) is 1. The third-order valence-corrected chi connectivity index (χ3v) is 2.69. The number of rotatable bonds is 3. The fraction of sp³-hybridized carbons (Fsp3) is 0.357. The number of fused-ring (bicyclic) bond motifs is 1. The molecule has 0 fully saturated rings. The molecule has 0 aliphatic rings. The van der Waals surface area contributed by atoms with E-state index in [9.17, 15) is 5.11 Å². The molecule has 0 saturated heterocycles. The van der Waals surface area contributed by atoms with Crippen LogP contribution in [-0.2, 0) is 11.2 Å². The zero-order chi connectivity index (χ0) is 14.5. The van der Waals surface area contributed by atoms with Crippen molar-refractivity contribution in [3.63, 3.8) is 0 Å². The van der Waals surface area contributed by atoms with Crippen molar-refractivity contribution in [2.45, 2.75) is 25.9 Å². The number of nitrogens with two attached hydrogens (primary N) is 1. The molecule has 1 aromatic heterocycles. The van der Waals surface area contributed by atoms with Crippen LogP contribution in [-0.4, -0.2) is 33.3 Å². The molecule has 0 bridgehead atoms. The summed E-state index contributed by atoms with van der Waals surface area (Å²) in [6.45, 7) is 3.11. The highest BCUT2D eigenvalue weighted by Crippen LogP contribution is 2.21. The first kappa shape index (κ1) is 15.2. The van der Waals surface area contributed by atoms with Gasteiger partial charge in [0.25, 0.3) is 5.97 Å². The Hall–Kier alpha value is -1.85. The van der Waals surface area contributed by atoms with E-state index in [1.54, 1.807) is 6.92 Å². The Labute approximate surface area is 112 Å². The Balaban J connectivity index is 0.000000399. The lowest BCUT2D eigenvalue weighted by Crippen LogP contribution is -2.36. The second kappa shape index (κ2) is 6.36. The first-order chi connectivity index (χ1) is 8.85. The molecule has 1 aromatic carbocycles. The van der Waals surface area contributed by atoms with Crippen LogP contribution >= 0.6 is 0 Å². The summed E-state index contributed by atoms with van der Waals surface area (Å²) in [4.78, 5) is 12.2. The molecule has 19 heavy (non-hydrogen) atoms. The molecule has 2 aromatic rings. The fourth-order valence-corrected chi connectivity index (χ4v) is 1.76. The number of aliphatic hydroxyl groups is 1. The summed E-state index contributed by atoms with van der Waals surface area (Å²) in [6.07, 6.45) is 2.52. The number of aromatic nitrogens is 1. The van der Waals surface area contributed by atoms with Crippen LogP contribution in [0.1, 0.15) is 19.4 Å². The molecule has 0 aliphatic carbocycles. The topological polar surface area (TPSA) is 99.3 Å². The van der Waals surface area contributed by atoms with Crippen molar-refractivity contribution >= 4 is 16.9 Å². The van der Waals surface area contributed by atoms with Gasteiger partial charge in [-0.15, -0.1) is 0 Å². The van der Waals surface area contributed by atoms with E-state index in [4.69, 9.17) is 15.6 Å². The summed E-state index contributed by atoms with van der Waals surface area (Å²) in [5.41, 5.74) is 6.89. The molecule has 5 N–H and O–H groups in total. The van der Waals surface area contributed by atoms with Gasteiger partial charge in [0.05, 0.1) is 5.60 Å². The quantitative estimate of drug-likeness (QED) is 0.675. The van der Waals surface area contributed by atoms with E-state index in [0.29, 0.717) is 6.42 Å². The van der Waals surface area contributed by atoms with Crippen molar-refractivity contribution in [2.24, 2.45) is 5.73 Å². The third kappa shape index (κ3) is 4.73. The van der Waals surface area contributed by atoms with Crippen LogP contribution in [0.4, 0.5) is 0 Å². The summed E-state index contributed by atoms with van der Waals surface area (Å²) in [7, 11) is 0. The molecule has 5 nitrogen and oxygen atoms in total. The highest BCUT2D eigenvalue weighted by molar-refractivity contribution is 5.83. The zero-order valence-electron chi connectivity index (χ0n) is 11.2. The van der Waals surface area contributed by atoms with Gasteiger partial charge in [-0.25, -0.2) is 0 Å². The lowest BCUT2D eigenvalue weighted by atomic mass is 9.96. The maximum Gasteiger partial charge on any atom is 0.300 e. The van der Waals surface area contributed by atoms with E-state index in [1.807, 2.05) is 30.5 Å². The molecule has 0 spiro atoms. The van der Waals surface area contributed by atoms with Gasteiger partial charge < -0.3 is 20.9 Å². The maximum absolute atomic E-state index is 9.92. The number of benzene rings is 1. The van der Waals surface area contributed by atoms with Gasteiger partial charge in [-0.05, 0) is 18.6 Å². The van der Waals surface area contributed by atoms with Crippen LogP contribution in [0.25, 0.3) is 10.9 Å². The van der Waals surface area contributed by atoms with E-state index in [0.717, 1.165) is 23.4 Å². The number of aliphatic carboxylic acids is 1. The monoisotopic (exact) mass is 264 g/mol. The van der Waals surface area contributed by atoms with E-state index < -0.39 is 11.6 Å². The van der Waals surface area contributed by atoms with Crippen LogP contribution in [0.3, 0.4) is 0 Å². The minimum atomic E-state index is -0.833. The van der Waals surface area contributed by atoms with Crippen LogP contribution < -0.4 is 5.73 Å². The van der Waals surface area contributed by atoms with E-state index in [2.05, 4.69) is 4.98 Å². The Kier molecular flexibility index (Phi) is 5.09. The highest BCUT2D eigenvalue weighted by atomic mass is 16.4. The van der Waals surface area contributed by atoms with Crippen molar-refractivity contribution in [1.82, 2.24) is 4.98 Å². The molecular formula is C14H20N2O3. The van der Waals surface area contributed by atoms with Crippen LogP contribution in [0, 0.1) is 0 Å². The van der Waals surface area contributed by atoms with Crippen molar-refractivity contribution in [3.8, 4) is 0 Å². The summed E-state index contributed by atoms with van der Waals surface area (Å²) < 4.78 is 0. The van der Waals surface area contributed by atoms with Crippen molar-refractivity contribution in [2.75, 3.05) is 6.54 Å².